The SMILES string of the molecule is Cc1ccc(C(O)C(O)CN=[N+]=[N-])cc1[N+](=O)[O-]. The topological polar surface area (TPSA) is 132 Å². The summed E-state index contributed by atoms with van der Waals surface area (Å²) in [6.45, 7) is 1.27. The highest BCUT2D eigenvalue weighted by atomic mass is 16.6. The molecule has 0 saturated heterocycles. The summed E-state index contributed by atoms with van der Waals surface area (Å²) in [6, 6.07) is 4.16. The van der Waals surface area contributed by atoms with E-state index in [4.69, 9.17) is 5.53 Å². The number of rotatable bonds is 5. The maximum atomic E-state index is 10.7. The third-order valence-corrected chi connectivity index (χ3v) is 2.47. The first-order valence-corrected chi connectivity index (χ1v) is 5.09. The summed E-state index contributed by atoms with van der Waals surface area (Å²) in [5.74, 6) is 0. The van der Waals surface area contributed by atoms with E-state index >= 15 is 0 Å². The number of benzene rings is 1. The molecule has 18 heavy (non-hydrogen) atoms. The zero-order chi connectivity index (χ0) is 13.7. The van der Waals surface area contributed by atoms with Crippen molar-refractivity contribution in [3.8, 4) is 0 Å². The molecule has 8 heteroatoms. The Balaban J connectivity index is 2.99. The van der Waals surface area contributed by atoms with E-state index in [0.29, 0.717) is 5.56 Å². The van der Waals surface area contributed by atoms with Crippen LogP contribution in [0.15, 0.2) is 23.3 Å². The van der Waals surface area contributed by atoms with Gasteiger partial charge in [0.15, 0.2) is 0 Å². The van der Waals surface area contributed by atoms with Gasteiger partial charge in [-0.1, -0.05) is 17.2 Å². The second kappa shape index (κ2) is 5.97. The number of hydrogen-bond acceptors (Lipinski definition) is 5. The molecule has 2 atom stereocenters. The van der Waals surface area contributed by atoms with E-state index < -0.39 is 17.1 Å². The monoisotopic (exact) mass is 252 g/mol. The van der Waals surface area contributed by atoms with Gasteiger partial charge in [-0.25, -0.2) is 0 Å². The van der Waals surface area contributed by atoms with Crippen molar-refractivity contribution in [3.05, 3.63) is 49.9 Å². The molecule has 0 saturated carbocycles. The van der Waals surface area contributed by atoms with Crippen molar-refractivity contribution >= 4 is 5.69 Å². The molecule has 2 unspecified atom stereocenters. The number of azide groups is 1. The standard InChI is InChI=1S/C10H12N4O4/c1-6-2-3-7(4-8(6)14(17)18)10(16)9(15)5-12-13-11/h2-4,9-10,15-16H,5H2,1H3. The van der Waals surface area contributed by atoms with Crippen LogP contribution in [0.1, 0.15) is 17.2 Å². The van der Waals surface area contributed by atoms with Gasteiger partial charge in [-0.05, 0) is 18.0 Å². The fraction of sp³-hybridized carbons (Fsp3) is 0.400. The van der Waals surface area contributed by atoms with Crippen LogP contribution in [0, 0.1) is 17.0 Å². The summed E-state index contributed by atoms with van der Waals surface area (Å²) in [4.78, 5) is 12.6. The molecular weight excluding hydrogens is 240 g/mol. The average molecular weight is 252 g/mol. The van der Waals surface area contributed by atoms with Crippen LogP contribution >= 0.6 is 0 Å². The molecular formula is C10H12N4O4. The first-order chi connectivity index (χ1) is 8.47. The van der Waals surface area contributed by atoms with Gasteiger partial charge < -0.3 is 10.2 Å². The summed E-state index contributed by atoms with van der Waals surface area (Å²) < 4.78 is 0. The van der Waals surface area contributed by atoms with E-state index in [1.807, 2.05) is 0 Å². The molecule has 1 rings (SSSR count). The first-order valence-electron chi connectivity index (χ1n) is 5.09. The maximum absolute atomic E-state index is 10.7. The molecule has 0 heterocycles. The highest BCUT2D eigenvalue weighted by molar-refractivity contribution is 5.43. The number of aliphatic hydroxyl groups is 2. The van der Waals surface area contributed by atoms with E-state index in [9.17, 15) is 20.3 Å². The predicted molar refractivity (Wildman–Crippen MR) is 62.8 cm³/mol. The number of hydrogen-bond donors (Lipinski definition) is 2. The fourth-order valence-corrected chi connectivity index (χ4v) is 1.45. The van der Waals surface area contributed by atoms with E-state index in [-0.39, 0.29) is 17.8 Å². The summed E-state index contributed by atoms with van der Waals surface area (Å²) in [5, 5.41) is 33.1. The van der Waals surface area contributed by atoms with E-state index in [2.05, 4.69) is 10.0 Å². The van der Waals surface area contributed by atoms with Crippen LogP contribution in [0.25, 0.3) is 10.4 Å². The van der Waals surface area contributed by atoms with Crippen LogP contribution < -0.4 is 0 Å². The smallest absolute Gasteiger partial charge is 0.272 e. The third-order valence-electron chi connectivity index (χ3n) is 2.47. The summed E-state index contributed by atoms with van der Waals surface area (Å²) in [6.07, 6.45) is -2.64. The van der Waals surface area contributed by atoms with Gasteiger partial charge in [-0.3, -0.25) is 10.1 Å². The second-order valence-corrected chi connectivity index (χ2v) is 3.73. The van der Waals surface area contributed by atoms with Crippen LogP contribution in [0.4, 0.5) is 5.69 Å². The molecule has 0 spiro atoms. The van der Waals surface area contributed by atoms with Crippen LogP contribution in [0.3, 0.4) is 0 Å². The van der Waals surface area contributed by atoms with Crippen molar-refractivity contribution in [1.29, 1.82) is 0 Å². The van der Waals surface area contributed by atoms with Crippen molar-refractivity contribution < 1.29 is 15.1 Å². The van der Waals surface area contributed by atoms with Gasteiger partial charge in [0.05, 0.1) is 17.6 Å². The Kier molecular flexibility index (Phi) is 4.61. The van der Waals surface area contributed by atoms with E-state index in [0.717, 1.165) is 0 Å². The second-order valence-electron chi connectivity index (χ2n) is 3.73. The minimum absolute atomic E-state index is 0.137. The molecule has 2 N–H and O–H groups in total. The predicted octanol–water partition coefficient (Wildman–Crippen LogP) is 1.61. The highest BCUT2D eigenvalue weighted by Gasteiger charge is 2.21. The number of nitro benzene ring substituents is 1. The van der Waals surface area contributed by atoms with Gasteiger partial charge in [0, 0.05) is 16.5 Å². The zero-order valence-corrected chi connectivity index (χ0v) is 9.59. The number of nitro groups is 1. The Bertz CT molecular complexity index is 499. The third kappa shape index (κ3) is 3.17. The lowest BCUT2D eigenvalue weighted by molar-refractivity contribution is -0.385. The first kappa shape index (κ1) is 13.9. The van der Waals surface area contributed by atoms with Gasteiger partial charge in [0.2, 0.25) is 0 Å². The lowest BCUT2D eigenvalue weighted by atomic mass is 10.0. The molecule has 1 aromatic carbocycles. The minimum Gasteiger partial charge on any atom is -0.390 e. The molecule has 1 aromatic rings. The van der Waals surface area contributed by atoms with Crippen LogP contribution in [0.2, 0.25) is 0 Å². The lowest BCUT2D eigenvalue weighted by Crippen LogP contribution is -2.21. The molecule has 0 aromatic heterocycles. The molecule has 96 valence electrons. The molecule has 0 radical (unpaired) electrons. The summed E-state index contributed by atoms with van der Waals surface area (Å²) >= 11 is 0. The number of aryl methyl sites for hydroxylation is 1. The van der Waals surface area contributed by atoms with Crippen molar-refractivity contribution in [2.24, 2.45) is 5.11 Å². The Morgan fingerprint density at radius 3 is 2.78 bits per heavy atom. The van der Waals surface area contributed by atoms with Crippen molar-refractivity contribution in [1.82, 2.24) is 0 Å². The highest BCUT2D eigenvalue weighted by Crippen LogP contribution is 2.25. The normalized spacial score (nSPS) is 13.5. The Labute approximate surface area is 102 Å². The molecule has 0 aliphatic rings. The molecule has 0 fully saturated rings. The molecule has 0 bridgehead atoms. The lowest BCUT2D eigenvalue weighted by Gasteiger charge is -2.16. The van der Waals surface area contributed by atoms with E-state index in [1.165, 1.54) is 18.2 Å². The van der Waals surface area contributed by atoms with Crippen molar-refractivity contribution in [3.63, 3.8) is 0 Å². The Morgan fingerprint density at radius 1 is 1.56 bits per heavy atom. The fourth-order valence-electron chi connectivity index (χ4n) is 1.45. The van der Waals surface area contributed by atoms with Gasteiger partial charge in [-0.15, -0.1) is 0 Å². The summed E-state index contributed by atoms with van der Waals surface area (Å²) in [7, 11) is 0. The maximum Gasteiger partial charge on any atom is 0.272 e. The van der Waals surface area contributed by atoms with Gasteiger partial charge in [0.1, 0.15) is 6.10 Å². The number of aliphatic hydroxyl groups excluding tert-OH is 2. The molecule has 0 amide bonds. The van der Waals surface area contributed by atoms with Gasteiger partial charge in [0.25, 0.3) is 5.69 Å². The molecule has 0 aliphatic heterocycles. The van der Waals surface area contributed by atoms with Crippen LogP contribution in [-0.2, 0) is 0 Å². The molecule has 0 aliphatic carbocycles. The quantitative estimate of drug-likeness (QED) is 0.270. The van der Waals surface area contributed by atoms with Crippen LogP contribution in [-0.4, -0.2) is 27.8 Å². The zero-order valence-electron chi connectivity index (χ0n) is 9.59. The largest absolute Gasteiger partial charge is 0.390 e. The number of nitrogens with zero attached hydrogens (tertiary/aromatic N) is 4. The Hall–Kier alpha value is -2.15. The van der Waals surface area contributed by atoms with Crippen molar-refractivity contribution in [2.45, 2.75) is 19.1 Å². The summed E-state index contributed by atoms with van der Waals surface area (Å²) in [5.41, 5.74) is 8.62. The minimum atomic E-state index is -1.34. The average Bonchev–Trinajstić information content (AvgIpc) is 2.35. The van der Waals surface area contributed by atoms with Gasteiger partial charge in [-0.2, -0.15) is 0 Å². The molecule has 8 nitrogen and oxygen atoms in total. The Morgan fingerprint density at radius 2 is 2.22 bits per heavy atom. The van der Waals surface area contributed by atoms with E-state index in [1.54, 1.807) is 6.92 Å². The van der Waals surface area contributed by atoms with Gasteiger partial charge >= 0.3 is 0 Å². The van der Waals surface area contributed by atoms with Crippen molar-refractivity contribution in [2.75, 3.05) is 6.54 Å². The van der Waals surface area contributed by atoms with Crippen LogP contribution in [0.5, 0.6) is 0 Å².